The van der Waals surface area contributed by atoms with Gasteiger partial charge < -0.3 is 13.9 Å². The van der Waals surface area contributed by atoms with E-state index in [1.54, 1.807) is 0 Å². The minimum atomic E-state index is -3.04. The summed E-state index contributed by atoms with van der Waals surface area (Å²) in [6.45, 7) is 8.24. The summed E-state index contributed by atoms with van der Waals surface area (Å²) in [5, 5.41) is 2.47. The Bertz CT molecular complexity index is 1320. The molecule has 3 nitrogen and oxygen atoms in total. The molecule has 1 heterocycles. The second-order valence-electron chi connectivity index (χ2n) is 10.0. The van der Waals surface area contributed by atoms with Gasteiger partial charge in [0.05, 0.1) is 11.2 Å². The molecule has 0 aromatic heterocycles. The first-order chi connectivity index (χ1) is 16.7. The van der Waals surface area contributed by atoms with Gasteiger partial charge in [0.1, 0.15) is 0 Å². The molecule has 1 aliphatic heterocycles. The zero-order valence-electron chi connectivity index (χ0n) is 20.6. The lowest BCUT2D eigenvalue weighted by molar-refractivity contribution is 0.00578. The fourth-order valence-electron chi connectivity index (χ4n) is 4.45. The van der Waals surface area contributed by atoms with E-state index in [1.165, 1.54) is 0 Å². The summed E-state index contributed by atoms with van der Waals surface area (Å²) >= 11 is 0. The van der Waals surface area contributed by atoms with Crippen molar-refractivity contribution in [3.8, 4) is 11.1 Å². The standard InChI is InChI=1S/C30H30BO3P/c1-29(2)30(3,4)34-31(33-29)25-15-11-13-23(21-25)24-14-12-20-28(22-24)35(32,26-16-7-5-8-17-26)27-18-9-6-10-19-27/h5-22H,1-4H3. The van der Waals surface area contributed by atoms with Crippen LogP contribution in [0.1, 0.15) is 27.7 Å². The van der Waals surface area contributed by atoms with Crippen molar-refractivity contribution in [2.75, 3.05) is 0 Å². The average Bonchev–Trinajstić information content (AvgIpc) is 3.11. The second-order valence-corrected chi connectivity index (χ2v) is 12.8. The van der Waals surface area contributed by atoms with Crippen LogP contribution in [-0.4, -0.2) is 18.3 Å². The minimum absolute atomic E-state index is 0.397. The summed E-state index contributed by atoms with van der Waals surface area (Å²) in [6.07, 6.45) is 0. The van der Waals surface area contributed by atoms with Gasteiger partial charge in [-0.2, -0.15) is 0 Å². The maximum atomic E-state index is 14.8. The first kappa shape index (κ1) is 23.8. The Labute approximate surface area is 208 Å². The van der Waals surface area contributed by atoms with Gasteiger partial charge in [-0.1, -0.05) is 103 Å². The lowest BCUT2D eigenvalue weighted by Gasteiger charge is -2.32. The van der Waals surface area contributed by atoms with E-state index in [0.717, 1.165) is 32.5 Å². The van der Waals surface area contributed by atoms with Gasteiger partial charge in [-0.05, 0) is 50.4 Å². The molecule has 0 saturated carbocycles. The molecule has 1 aliphatic rings. The van der Waals surface area contributed by atoms with Crippen LogP contribution < -0.4 is 21.4 Å². The molecule has 176 valence electrons. The molecule has 4 aromatic rings. The lowest BCUT2D eigenvalue weighted by Crippen LogP contribution is -2.41. The molecule has 0 unspecified atom stereocenters. The van der Waals surface area contributed by atoms with Crippen LogP contribution in [-0.2, 0) is 13.9 Å². The zero-order valence-corrected chi connectivity index (χ0v) is 21.5. The van der Waals surface area contributed by atoms with E-state index in [-0.39, 0.29) is 0 Å². The van der Waals surface area contributed by atoms with Crippen LogP contribution >= 0.6 is 7.14 Å². The molecular weight excluding hydrogens is 450 g/mol. The van der Waals surface area contributed by atoms with Gasteiger partial charge in [0, 0.05) is 15.9 Å². The van der Waals surface area contributed by atoms with Gasteiger partial charge >= 0.3 is 7.12 Å². The topological polar surface area (TPSA) is 35.5 Å². The van der Waals surface area contributed by atoms with Crippen LogP contribution in [0.15, 0.2) is 109 Å². The third kappa shape index (κ3) is 4.32. The molecule has 1 fully saturated rings. The summed E-state index contributed by atoms with van der Waals surface area (Å²) in [5.41, 5.74) is 2.22. The molecule has 4 aromatic carbocycles. The van der Waals surface area contributed by atoms with Gasteiger partial charge in [-0.15, -0.1) is 0 Å². The molecule has 0 amide bonds. The third-order valence-electron chi connectivity index (χ3n) is 7.19. The van der Waals surface area contributed by atoms with E-state index < -0.39 is 25.5 Å². The van der Waals surface area contributed by atoms with Crippen molar-refractivity contribution < 1.29 is 13.9 Å². The predicted molar refractivity (Wildman–Crippen MR) is 147 cm³/mol. The fraction of sp³-hybridized carbons (Fsp3) is 0.200. The Hall–Kier alpha value is -2.91. The average molecular weight is 480 g/mol. The molecule has 35 heavy (non-hydrogen) atoms. The van der Waals surface area contributed by atoms with Crippen molar-refractivity contribution in [3.05, 3.63) is 109 Å². The van der Waals surface area contributed by atoms with Crippen LogP contribution in [0.25, 0.3) is 11.1 Å². The predicted octanol–water partition coefficient (Wildman–Crippen LogP) is 5.29. The molecule has 5 rings (SSSR count). The van der Waals surface area contributed by atoms with Crippen molar-refractivity contribution in [3.63, 3.8) is 0 Å². The maximum Gasteiger partial charge on any atom is 0.494 e. The van der Waals surface area contributed by atoms with Crippen LogP contribution in [0.2, 0.25) is 0 Å². The van der Waals surface area contributed by atoms with E-state index in [9.17, 15) is 4.57 Å². The van der Waals surface area contributed by atoms with Crippen LogP contribution in [0.3, 0.4) is 0 Å². The van der Waals surface area contributed by atoms with Crippen molar-refractivity contribution in [1.82, 2.24) is 0 Å². The van der Waals surface area contributed by atoms with Gasteiger partial charge in [0.25, 0.3) is 0 Å². The van der Waals surface area contributed by atoms with E-state index in [0.29, 0.717) is 0 Å². The first-order valence-electron chi connectivity index (χ1n) is 12.0. The van der Waals surface area contributed by atoms with Crippen molar-refractivity contribution in [2.24, 2.45) is 0 Å². The molecule has 0 N–H and O–H groups in total. The molecule has 0 spiro atoms. The van der Waals surface area contributed by atoms with Crippen LogP contribution in [0.4, 0.5) is 0 Å². The Kier molecular flexibility index (Phi) is 6.09. The normalized spacial score (nSPS) is 16.9. The van der Waals surface area contributed by atoms with Crippen molar-refractivity contribution >= 4 is 35.6 Å². The van der Waals surface area contributed by atoms with E-state index in [1.807, 2.05) is 84.9 Å². The van der Waals surface area contributed by atoms with Crippen LogP contribution in [0, 0.1) is 0 Å². The molecule has 0 bridgehead atoms. The van der Waals surface area contributed by atoms with E-state index in [4.69, 9.17) is 9.31 Å². The summed E-state index contributed by atoms with van der Waals surface area (Å²) in [5.74, 6) is 0. The van der Waals surface area contributed by atoms with Crippen LogP contribution in [0.5, 0.6) is 0 Å². The highest BCUT2D eigenvalue weighted by Gasteiger charge is 2.51. The highest BCUT2D eigenvalue weighted by molar-refractivity contribution is 7.85. The largest absolute Gasteiger partial charge is 0.494 e. The molecule has 5 heteroatoms. The van der Waals surface area contributed by atoms with E-state index in [2.05, 4.69) is 52.0 Å². The first-order valence-corrected chi connectivity index (χ1v) is 13.7. The van der Waals surface area contributed by atoms with Gasteiger partial charge in [0.15, 0.2) is 7.14 Å². The minimum Gasteiger partial charge on any atom is -0.399 e. The third-order valence-corrected chi connectivity index (χ3v) is 10.3. The summed E-state index contributed by atoms with van der Waals surface area (Å²) < 4.78 is 27.3. The SMILES string of the molecule is CC1(C)OB(c2cccc(-c3cccc(P(=O)(c4ccccc4)c4ccccc4)c3)c2)OC1(C)C. The van der Waals surface area contributed by atoms with Gasteiger partial charge in [0.2, 0.25) is 0 Å². The summed E-state index contributed by atoms with van der Waals surface area (Å²) in [6, 6.07) is 35.9. The molecule has 0 radical (unpaired) electrons. The number of rotatable bonds is 5. The second kappa shape index (κ2) is 8.95. The number of benzene rings is 4. The number of hydrogen-bond acceptors (Lipinski definition) is 3. The number of hydrogen-bond donors (Lipinski definition) is 0. The van der Waals surface area contributed by atoms with Crippen molar-refractivity contribution in [2.45, 2.75) is 38.9 Å². The maximum absolute atomic E-state index is 14.8. The van der Waals surface area contributed by atoms with Gasteiger partial charge in [-0.3, -0.25) is 0 Å². The quantitative estimate of drug-likeness (QED) is 0.288. The molecular formula is C30H30BO3P. The highest BCUT2D eigenvalue weighted by Crippen LogP contribution is 2.43. The molecule has 0 aliphatic carbocycles. The Balaban J connectivity index is 1.57. The van der Waals surface area contributed by atoms with E-state index >= 15 is 0 Å². The zero-order chi connectivity index (χ0) is 24.7. The summed E-state index contributed by atoms with van der Waals surface area (Å²) in [7, 11) is -3.47. The molecule has 1 saturated heterocycles. The van der Waals surface area contributed by atoms with Gasteiger partial charge in [-0.25, -0.2) is 0 Å². The summed E-state index contributed by atoms with van der Waals surface area (Å²) in [4.78, 5) is 0. The lowest BCUT2D eigenvalue weighted by atomic mass is 9.78. The monoisotopic (exact) mass is 480 g/mol. The molecule has 0 atom stereocenters. The smallest absolute Gasteiger partial charge is 0.399 e. The van der Waals surface area contributed by atoms with Crippen molar-refractivity contribution in [1.29, 1.82) is 0 Å². The Morgan fingerprint density at radius 1 is 0.571 bits per heavy atom. The Morgan fingerprint density at radius 2 is 1.03 bits per heavy atom. The Morgan fingerprint density at radius 3 is 1.57 bits per heavy atom. The highest BCUT2D eigenvalue weighted by atomic mass is 31.2. The fourth-order valence-corrected chi connectivity index (χ4v) is 7.14.